The molecule has 0 atom stereocenters. The molecule has 0 aliphatic carbocycles. The van der Waals surface area contributed by atoms with E-state index in [9.17, 15) is 10.1 Å². The van der Waals surface area contributed by atoms with E-state index in [1.807, 2.05) is 13.0 Å². The third kappa shape index (κ3) is 4.77. The van der Waals surface area contributed by atoms with Crippen LogP contribution < -0.4 is 10.6 Å². The Morgan fingerprint density at radius 2 is 1.74 bits per heavy atom. The van der Waals surface area contributed by atoms with Gasteiger partial charge in [-0.15, -0.1) is 0 Å². The molecule has 2 N–H and O–H groups in total. The minimum Gasteiger partial charge on any atom is -0.385 e. The lowest BCUT2D eigenvalue weighted by Gasteiger charge is -2.23. The first-order chi connectivity index (χ1) is 8.88. The highest BCUT2D eigenvalue weighted by molar-refractivity contribution is 5.63. The van der Waals surface area contributed by atoms with Crippen LogP contribution in [0.5, 0.6) is 0 Å². The summed E-state index contributed by atoms with van der Waals surface area (Å²) >= 11 is 0. The fourth-order valence-electron chi connectivity index (χ4n) is 1.59. The second-order valence-electron chi connectivity index (χ2n) is 5.43. The molecule has 0 saturated heterocycles. The summed E-state index contributed by atoms with van der Waals surface area (Å²) in [7, 11) is 0. The van der Waals surface area contributed by atoms with E-state index in [0.29, 0.717) is 0 Å². The average Bonchev–Trinajstić information content (AvgIpc) is 2.37. The molecule has 1 rings (SSSR count). The van der Waals surface area contributed by atoms with E-state index in [-0.39, 0.29) is 16.0 Å². The van der Waals surface area contributed by atoms with Crippen LogP contribution in [0, 0.1) is 15.5 Å². The lowest BCUT2D eigenvalue weighted by molar-refractivity contribution is -0.384. The quantitative estimate of drug-likeness (QED) is 0.580. The number of nitro benzene ring substituents is 1. The molecule has 0 unspecified atom stereocenters. The van der Waals surface area contributed by atoms with Gasteiger partial charge in [-0.05, 0) is 24.8 Å². The lowest BCUT2D eigenvalue weighted by Crippen LogP contribution is -2.22. The molecule has 5 nitrogen and oxygen atoms in total. The van der Waals surface area contributed by atoms with Crippen molar-refractivity contribution in [3.63, 3.8) is 0 Å². The van der Waals surface area contributed by atoms with E-state index in [1.165, 1.54) is 0 Å². The minimum absolute atomic E-state index is 0.107. The number of rotatable bonds is 7. The van der Waals surface area contributed by atoms with Gasteiger partial charge in [-0.3, -0.25) is 10.1 Å². The molecule has 5 heteroatoms. The molecule has 0 aliphatic heterocycles. The number of nitrogens with one attached hydrogen (secondary N) is 2. The van der Waals surface area contributed by atoms with Gasteiger partial charge < -0.3 is 10.6 Å². The van der Waals surface area contributed by atoms with Crippen molar-refractivity contribution in [2.45, 2.75) is 34.1 Å². The summed E-state index contributed by atoms with van der Waals surface area (Å²) in [6.07, 6.45) is 1.05. The van der Waals surface area contributed by atoms with Crippen molar-refractivity contribution in [3.8, 4) is 0 Å². The SMILES string of the molecule is CCNc1cc(NCC(C)(C)CC)cc([N+](=O)[O-])c1. The van der Waals surface area contributed by atoms with E-state index in [2.05, 4.69) is 31.4 Å². The van der Waals surface area contributed by atoms with E-state index >= 15 is 0 Å². The second-order valence-corrected chi connectivity index (χ2v) is 5.43. The van der Waals surface area contributed by atoms with Crippen molar-refractivity contribution < 1.29 is 4.92 Å². The molecule has 0 aromatic heterocycles. The Labute approximate surface area is 114 Å². The normalized spacial score (nSPS) is 11.2. The molecular weight excluding hydrogens is 242 g/mol. The maximum absolute atomic E-state index is 10.9. The van der Waals surface area contributed by atoms with Crippen LogP contribution in [0.15, 0.2) is 18.2 Å². The standard InChI is InChI=1S/C14H23N3O2/c1-5-14(3,4)10-16-12-7-11(15-6-2)8-13(9-12)17(18)19/h7-9,15-16H,5-6,10H2,1-4H3. The Bertz CT molecular complexity index is 444. The van der Waals surface area contributed by atoms with Crippen LogP contribution in [-0.4, -0.2) is 18.0 Å². The van der Waals surface area contributed by atoms with Crippen molar-refractivity contribution >= 4 is 17.1 Å². The summed E-state index contributed by atoms with van der Waals surface area (Å²) in [5.41, 5.74) is 1.83. The lowest BCUT2D eigenvalue weighted by atomic mass is 9.90. The molecule has 0 aliphatic rings. The first-order valence-corrected chi connectivity index (χ1v) is 6.65. The zero-order valence-electron chi connectivity index (χ0n) is 12.1. The minimum atomic E-state index is -0.364. The van der Waals surface area contributed by atoms with Gasteiger partial charge in [0.05, 0.1) is 4.92 Å². The van der Waals surface area contributed by atoms with Crippen molar-refractivity contribution in [2.75, 3.05) is 23.7 Å². The van der Waals surface area contributed by atoms with Gasteiger partial charge in [0.2, 0.25) is 0 Å². The number of nitro groups is 1. The largest absolute Gasteiger partial charge is 0.385 e. The number of non-ortho nitro benzene ring substituents is 1. The van der Waals surface area contributed by atoms with Gasteiger partial charge in [0.1, 0.15) is 0 Å². The summed E-state index contributed by atoms with van der Waals surface area (Å²) in [4.78, 5) is 10.6. The molecule has 0 radical (unpaired) electrons. The smallest absolute Gasteiger partial charge is 0.273 e. The van der Waals surface area contributed by atoms with E-state index in [0.717, 1.165) is 30.9 Å². The fourth-order valence-corrected chi connectivity index (χ4v) is 1.59. The van der Waals surface area contributed by atoms with Gasteiger partial charge in [0, 0.05) is 36.6 Å². The maximum atomic E-state index is 10.9. The van der Waals surface area contributed by atoms with Gasteiger partial charge in [-0.1, -0.05) is 20.8 Å². The molecule has 106 valence electrons. The van der Waals surface area contributed by atoms with Gasteiger partial charge in [0.15, 0.2) is 0 Å². The molecule has 19 heavy (non-hydrogen) atoms. The first-order valence-electron chi connectivity index (χ1n) is 6.65. The third-order valence-corrected chi connectivity index (χ3v) is 3.24. The summed E-state index contributed by atoms with van der Waals surface area (Å²) < 4.78 is 0. The highest BCUT2D eigenvalue weighted by Crippen LogP contribution is 2.26. The Balaban J connectivity index is 2.90. The van der Waals surface area contributed by atoms with Crippen LogP contribution in [0.3, 0.4) is 0 Å². The van der Waals surface area contributed by atoms with Gasteiger partial charge in [-0.2, -0.15) is 0 Å². The number of anilines is 2. The molecule has 0 fully saturated rings. The molecular formula is C14H23N3O2. The van der Waals surface area contributed by atoms with Gasteiger partial charge in [-0.25, -0.2) is 0 Å². The average molecular weight is 265 g/mol. The summed E-state index contributed by atoms with van der Waals surface area (Å²) in [5, 5.41) is 17.3. The van der Waals surface area contributed by atoms with E-state index < -0.39 is 0 Å². The molecule has 0 amide bonds. The van der Waals surface area contributed by atoms with Crippen molar-refractivity contribution in [3.05, 3.63) is 28.3 Å². The third-order valence-electron chi connectivity index (χ3n) is 3.24. The number of hydrogen-bond donors (Lipinski definition) is 2. The summed E-state index contributed by atoms with van der Waals surface area (Å²) in [6, 6.07) is 5.04. The molecule has 1 aromatic rings. The Morgan fingerprint density at radius 3 is 2.21 bits per heavy atom. The molecule has 1 aromatic carbocycles. The topological polar surface area (TPSA) is 67.2 Å². The second kappa shape index (κ2) is 6.41. The van der Waals surface area contributed by atoms with Crippen molar-refractivity contribution in [2.24, 2.45) is 5.41 Å². The van der Waals surface area contributed by atoms with E-state index in [4.69, 9.17) is 0 Å². The zero-order chi connectivity index (χ0) is 14.5. The van der Waals surface area contributed by atoms with E-state index in [1.54, 1.807) is 12.1 Å². The van der Waals surface area contributed by atoms with Gasteiger partial charge in [0.25, 0.3) is 5.69 Å². The fraction of sp³-hybridized carbons (Fsp3) is 0.571. The maximum Gasteiger partial charge on any atom is 0.273 e. The molecule has 0 spiro atoms. The first kappa shape index (κ1) is 15.3. The Kier molecular flexibility index (Phi) is 5.15. The number of hydrogen-bond acceptors (Lipinski definition) is 4. The highest BCUT2D eigenvalue weighted by atomic mass is 16.6. The van der Waals surface area contributed by atoms with Crippen molar-refractivity contribution in [1.82, 2.24) is 0 Å². The van der Waals surface area contributed by atoms with Crippen LogP contribution >= 0.6 is 0 Å². The van der Waals surface area contributed by atoms with Crippen LogP contribution in [-0.2, 0) is 0 Å². The number of nitrogens with zero attached hydrogens (tertiary/aromatic N) is 1. The predicted octanol–water partition coefficient (Wildman–Crippen LogP) is 3.87. The number of benzene rings is 1. The summed E-state index contributed by atoms with van der Waals surface area (Å²) in [5.74, 6) is 0. The van der Waals surface area contributed by atoms with Crippen LogP contribution in [0.1, 0.15) is 34.1 Å². The predicted molar refractivity (Wildman–Crippen MR) is 79.8 cm³/mol. The zero-order valence-corrected chi connectivity index (χ0v) is 12.1. The molecule has 0 bridgehead atoms. The summed E-state index contributed by atoms with van der Waals surface area (Å²) in [6.45, 7) is 9.97. The van der Waals surface area contributed by atoms with Crippen molar-refractivity contribution in [1.29, 1.82) is 0 Å². The van der Waals surface area contributed by atoms with Crippen LogP contribution in [0.2, 0.25) is 0 Å². The Hall–Kier alpha value is -1.78. The monoisotopic (exact) mass is 265 g/mol. The molecule has 0 heterocycles. The van der Waals surface area contributed by atoms with Crippen LogP contribution in [0.4, 0.5) is 17.1 Å². The van der Waals surface area contributed by atoms with Crippen LogP contribution in [0.25, 0.3) is 0 Å². The highest BCUT2D eigenvalue weighted by Gasteiger charge is 2.16. The molecule has 0 saturated carbocycles. The van der Waals surface area contributed by atoms with Gasteiger partial charge >= 0.3 is 0 Å². The Morgan fingerprint density at radius 1 is 1.16 bits per heavy atom.